The largest absolute Gasteiger partial charge is 0.396 e. The van der Waals surface area contributed by atoms with Crippen LogP contribution >= 0.6 is 0 Å². The maximum atomic E-state index is 12.8. The molecule has 0 spiro atoms. The number of aliphatic hydroxyl groups excluding tert-OH is 3. The van der Waals surface area contributed by atoms with Crippen molar-refractivity contribution in [1.82, 2.24) is 0 Å². The van der Waals surface area contributed by atoms with Crippen LogP contribution in [0.2, 0.25) is 0 Å². The van der Waals surface area contributed by atoms with Gasteiger partial charge in [-0.25, -0.2) is 0 Å². The van der Waals surface area contributed by atoms with Crippen molar-refractivity contribution in [2.75, 3.05) is 13.2 Å². The molecule has 7 heteroatoms. The average molecular weight is 372 g/mol. The van der Waals surface area contributed by atoms with Gasteiger partial charge in [-0.05, 0) is 20.3 Å². The molecule has 2 heterocycles. The van der Waals surface area contributed by atoms with Crippen molar-refractivity contribution in [3.63, 3.8) is 0 Å². The standard InChI is InChI=1S/C19H32O7/c1-5-7-11(3)17-18(4,26-17)16(23)12(9-20)15(22)13-10-25-19(24,6-2)8-14(13)21/h5,7,11-14,16-17,20-21,23-24H,6,8-10H2,1-4H3/b7-5-/t11-,12-,13+,14?,16-,17+,18?,19+/m0/s1. The van der Waals surface area contributed by atoms with Crippen LogP contribution in [0.5, 0.6) is 0 Å². The van der Waals surface area contributed by atoms with Gasteiger partial charge in [-0.2, -0.15) is 0 Å². The lowest BCUT2D eigenvalue weighted by molar-refractivity contribution is -0.258. The highest BCUT2D eigenvalue weighted by atomic mass is 16.6. The number of ketones is 1. The third kappa shape index (κ3) is 4.03. The predicted molar refractivity (Wildman–Crippen MR) is 94.2 cm³/mol. The van der Waals surface area contributed by atoms with Gasteiger partial charge in [0, 0.05) is 12.3 Å². The molecule has 2 saturated heterocycles. The molecular weight excluding hydrogens is 340 g/mol. The van der Waals surface area contributed by atoms with Gasteiger partial charge in [0.15, 0.2) is 5.79 Å². The molecule has 4 N–H and O–H groups in total. The van der Waals surface area contributed by atoms with Gasteiger partial charge in [0.2, 0.25) is 0 Å². The second kappa shape index (κ2) is 8.04. The van der Waals surface area contributed by atoms with E-state index in [0.717, 1.165) is 0 Å². The lowest BCUT2D eigenvalue weighted by Gasteiger charge is -2.39. The first-order valence-corrected chi connectivity index (χ1v) is 9.31. The van der Waals surface area contributed by atoms with Crippen molar-refractivity contribution in [2.45, 2.75) is 70.2 Å². The van der Waals surface area contributed by atoms with Crippen LogP contribution < -0.4 is 0 Å². The van der Waals surface area contributed by atoms with E-state index in [2.05, 4.69) is 0 Å². The van der Waals surface area contributed by atoms with Crippen molar-refractivity contribution < 1.29 is 34.7 Å². The van der Waals surface area contributed by atoms with Gasteiger partial charge in [-0.15, -0.1) is 0 Å². The Bertz CT molecular complexity index is 536. The smallest absolute Gasteiger partial charge is 0.167 e. The maximum Gasteiger partial charge on any atom is 0.167 e. The van der Waals surface area contributed by atoms with E-state index >= 15 is 0 Å². The Morgan fingerprint density at radius 1 is 1.42 bits per heavy atom. The molecule has 26 heavy (non-hydrogen) atoms. The monoisotopic (exact) mass is 372 g/mol. The number of allylic oxidation sites excluding steroid dienone is 1. The number of Topliss-reactive ketones (excluding diaryl/α,β-unsaturated/α-hetero) is 1. The van der Waals surface area contributed by atoms with E-state index in [0.29, 0.717) is 6.42 Å². The molecule has 0 radical (unpaired) electrons. The van der Waals surface area contributed by atoms with E-state index in [1.54, 1.807) is 13.8 Å². The lowest BCUT2D eigenvalue weighted by atomic mass is 9.78. The Morgan fingerprint density at radius 3 is 2.58 bits per heavy atom. The Hall–Kier alpha value is -0.830. The van der Waals surface area contributed by atoms with Crippen LogP contribution in [-0.4, -0.2) is 69.1 Å². The highest BCUT2D eigenvalue weighted by Gasteiger charge is 2.62. The molecule has 2 aliphatic heterocycles. The molecule has 2 rings (SSSR count). The summed E-state index contributed by atoms with van der Waals surface area (Å²) < 4.78 is 11.0. The summed E-state index contributed by atoms with van der Waals surface area (Å²) in [5.74, 6) is -3.83. The van der Waals surface area contributed by atoms with E-state index in [1.165, 1.54) is 0 Å². The Labute approximate surface area is 154 Å². The fourth-order valence-electron chi connectivity index (χ4n) is 3.93. The summed E-state index contributed by atoms with van der Waals surface area (Å²) in [4.78, 5) is 12.8. The van der Waals surface area contributed by atoms with E-state index in [9.17, 15) is 25.2 Å². The summed E-state index contributed by atoms with van der Waals surface area (Å²) in [5.41, 5.74) is -0.924. The van der Waals surface area contributed by atoms with Crippen molar-refractivity contribution >= 4 is 5.78 Å². The highest BCUT2D eigenvalue weighted by molar-refractivity contribution is 5.85. The van der Waals surface area contributed by atoms with Crippen LogP contribution in [0.4, 0.5) is 0 Å². The molecule has 2 fully saturated rings. The minimum Gasteiger partial charge on any atom is -0.396 e. The normalized spacial score (nSPS) is 41.0. The lowest BCUT2D eigenvalue weighted by Crippen LogP contribution is -2.53. The van der Waals surface area contributed by atoms with E-state index in [4.69, 9.17) is 9.47 Å². The van der Waals surface area contributed by atoms with Crippen LogP contribution in [0.3, 0.4) is 0 Å². The summed E-state index contributed by atoms with van der Waals surface area (Å²) >= 11 is 0. The quantitative estimate of drug-likeness (QED) is 0.359. The van der Waals surface area contributed by atoms with Crippen LogP contribution in [0, 0.1) is 17.8 Å². The molecule has 0 bridgehead atoms. The molecule has 0 saturated carbocycles. The zero-order valence-electron chi connectivity index (χ0n) is 16.0. The van der Waals surface area contributed by atoms with Crippen LogP contribution in [0.25, 0.3) is 0 Å². The summed E-state index contributed by atoms with van der Waals surface area (Å²) in [7, 11) is 0. The topological polar surface area (TPSA) is 120 Å². The van der Waals surface area contributed by atoms with Gasteiger partial charge in [0.1, 0.15) is 11.4 Å². The molecular formula is C19H32O7. The number of epoxide rings is 1. The number of carbonyl (C=O) groups excluding carboxylic acids is 1. The van der Waals surface area contributed by atoms with Crippen LogP contribution in [0.1, 0.15) is 40.5 Å². The molecule has 2 aliphatic rings. The van der Waals surface area contributed by atoms with Crippen molar-refractivity contribution in [3.8, 4) is 0 Å². The highest BCUT2D eigenvalue weighted by Crippen LogP contribution is 2.47. The number of carbonyl (C=O) groups is 1. The second-order valence-corrected chi connectivity index (χ2v) is 7.73. The molecule has 0 aromatic heterocycles. The molecule has 7 nitrogen and oxygen atoms in total. The summed E-state index contributed by atoms with van der Waals surface area (Å²) in [6.07, 6.45) is 1.55. The Kier molecular flexibility index (Phi) is 6.64. The van der Waals surface area contributed by atoms with Crippen LogP contribution in [0.15, 0.2) is 12.2 Å². The van der Waals surface area contributed by atoms with Crippen molar-refractivity contribution in [3.05, 3.63) is 12.2 Å². The molecule has 150 valence electrons. The van der Waals surface area contributed by atoms with Gasteiger partial charge < -0.3 is 29.9 Å². The van der Waals surface area contributed by atoms with Gasteiger partial charge in [0.25, 0.3) is 0 Å². The number of aliphatic hydroxyl groups is 4. The van der Waals surface area contributed by atoms with E-state index < -0.39 is 47.8 Å². The summed E-state index contributed by atoms with van der Waals surface area (Å²) in [6, 6.07) is 0. The molecule has 0 aliphatic carbocycles. The number of ether oxygens (including phenoxy) is 2. The van der Waals surface area contributed by atoms with Gasteiger partial charge in [-0.3, -0.25) is 4.79 Å². The number of rotatable bonds is 8. The van der Waals surface area contributed by atoms with Crippen molar-refractivity contribution in [1.29, 1.82) is 0 Å². The van der Waals surface area contributed by atoms with Gasteiger partial charge in [-0.1, -0.05) is 26.0 Å². The first-order valence-electron chi connectivity index (χ1n) is 9.31. The number of hydrogen-bond acceptors (Lipinski definition) is 7. The summed E-state index contributed by atoms with van der Waals surface area (Å²) in [5, 5.41) is 40.9. The first-order chi connectivity index (χ1) is 12.1. The maximum absolute atomic E-state index is 12.8. The molecule has 2 unspecified atom stereocenters. The predicted octanol–water partition coefficient (Wildman–Crippen LogP) is 0.391. The SMILES string of the molecule is C/C=C\[C@H](C)[C@H]1OC1(C)[C@@H](O)[C@@H](CO)C(=O)[C@@H]1CO[C@](O)(CC)CC1O. The summed E-state index contributed by atoms with van der Waals surface area (Å²) in [6.45, 7) is 6.61. The van der Waals surface area contributed by atoms with Crippen molar-refractivity contribution in [2.24, 2.45) is 17.8 Å². The zero-order chi connectivity index (χ0) is 19.7. The fraction of sp³-hybridized carbons (Fsp3) is 0.842. The average Bonchev–Trinajstić information content (AvgIpc) is 3.29. The van der Waals surface area contributed by atoms with Gasteiger partial charge in [0.05, 0.1) is 43.4 Å². The van der Waals surface area contributed by atoms with E-state index in [1.807, 2.05) is 26.0 Å². The Balaban J connectivity index is 2.07. The Morgan fingerprint density at radius 2 is 2.08 bits per heavy atom. The minimum atomic E-state index is -1.44. The molecule has 0 amide bonds. The van der Waals surface area contributed by atoms with E-state index in [-0.39, 0.29) is 25.0 Å². The third-order valence-electron chi connectivity index (χ3n) is 5.83. The third-order valence-corrected chi connectivity index (χ3v) is 5.83. The number of hydrogen-bond donors (Lipinski definition) is 4. The minimum absolute atomic E-state index is 0.0669. The first kappa shape index (κ1) is 21.5. The molecule has 0 aromatic rings. The van der Waals surface area contributed by atoms with Crippen LogP contribution in [-0.2, 0) is 14.3 Å². The molecule has 0 aromatic carbocycles. The second-order valence-electron chi connectivity index (χ2n) is 7.73. The van der Waals surface area contributed by atoms with Gasteiger partial charge >= 0.3 is 0 Å². The fourth-order valence-corrected chi connectivity index (χ4v) is 3.93. The zero-order valence-corrected chi connectivity index (χ0v) is 16.0. The molecule has 8 atom stereocenters.